The van der Waals surface area contributed by atoms with Crippen molar-refractivity contribution in [1.29, 1.82) is 0 Å². The Labute approximate surface area is 133 Å². The fourth-order valence-electron chi connectivity index (χ4n) is 2.18. The number of amides is 2. The Kier molecular flexibility index (Phi) is 7.09. The van der Waals surface area contributed by atoms with Crippen molar-refractivity contribution in [3.8, 4) is 0 Å². The summed E-state index contributed by atoms with van der Waals surface area (Å²) in [6.45, 7) is 10.6. The van der Waals surface area contributed by atoms with E-state index in [1.54, 1.807) is 6.07 Å². The predicted molar refractivity (Wildman–Crippen MR) is 89.7 cm³/mol. The van der Waals surface area contributed by atoms with Gasteiger partial charge in [-0.25, -0.2) is 0 Å². The molecule has 0 bridgehead atoms. The van der Waals surface area contributed by atoms with Crippen molar-refractivity contribution in [2.24, 2.45) is 11.8 Å². The van der Waals surface area contributed by atoms with E-state index in [2.05, 4.69) is 24.5 Å². The van der Waals surface area contributed by atoms with E-state index in [1.165, 1.54) is 0 Å². The lowest BCUT2D eigenvalue weighted by atomic mass is 10.0. The molecule has 0 aliphatic carbocycles. The van der Waals surface area contributed by atoms with Crippen molar-refractivity contribution in [3.05, 3.63) is 35.4 Å². The molecule has 0 aromatic heterocycles. The maximum absolute atomic E-state index is 12.4. The highest BCUT2D eigenvalue weighted by Crippen LogP contribution is 2.09. The van der Waals surface area contributed by atoms with Gasteiger partial charge in [0.25, 0.3) is 5.91 Å². The van der Waals surface area contributed by atoms with Gasteiger partial charge in [-0.2, -0.15) is 0 Å². The molecule has 4 nitrogen and oxygen atoms in total. The van der Waals surface area contributed by atoms with Gasteiger partial charge in [0.15, 0.2) is 0 Å². The second-order valence-corrected chi connectivity index (χ2v) is 6.48. The standard InChI is InChI=1S/C18H28N2O2/c1-12(2)10-11-19-18(22)16(13(3)4)20-17(21)15-9-7-6-8-14(15)5/h6-9,12-13,16H,10-11H2,1-5H3,(H,19,22)(H,20,21)/t16-/m0/s1. The zero-order chi connectivity index (χ0) is 16.7. The molecule has 2 N–H and O–H groups in total. The van der Waals surface area contributed by atoms with Crippen molar-refractivity contribution >= 4 is 11.8 Å². The van der Waals surface area contributed by atoms with E-state index >= 15 is 0 Å². The SMILES string of the molecule is Cc1ccccc1C(=O)N[C@H](C(=O)NCCC(C)C)C(C)C. The van der Waals surface area contributed by atoms with Crippen LogP contribution < -0.4 is 10.6 Å². The largest absolute Gasteiger partial charge is 0.354 e. The lowest BCUT2D eigenvalue weighted by Crippen LogP contribution is -2.50. The van der Waals surface area contributed by atoms with E-state index in [0.29, 0.717) is 18.0 Å². The van der Waals surface area contributed by atoms with Crippen molar-refractivity contribution in [1.82, 2.24) is 10.6 Å². The third-order valence-corrected chi connectivity index (χ3v) is 3.65. The van der Waals surface area contributed by atoms with Gasteiger partial charge in [-0.15, -0.1) is 0 Å². The lowest BCUT2D eigenvalue weighted by molar-refractivity contribution is -0.123. The molecule has 0 radical (unpaired) electrons. The zero-order valence-electron chi connectivity index (χ0n) is 14.3. The molecule has 122 valence electrons. The Hall–Kier alpha value is -1.84. The van der Waals surface area contributed by atoms with Crippen LogP contribution in [0, 0.1) is 18.8 Å². The highest BCUT2D eigenvalue weighted by molar-refractivity contribution is 5.98. The first-order valence-corrected chi connectivity index (χ1v) is 7.97. The minimum absolute atomic E-state index is 0.0343. The Morgan fingerprint density at radius 3 is 2.27 bits per heavy atom. The van der Waals surface area contributed by atoms with Crippen molar-refractivity contribution in [2.45, 2.75) is 47.1 Å². The summed E-state index contributed by atoms with van der Waals surface area (Å²) in [5.74, 6) is 0.264. The first-order valence-electron chi connectivity index (χ1n) is 7.97. The van der Waals surface area contributed by atoms with Crippen LogP contribution in [0.15, 0.2) is 24.3 Å². The quantitative estimate of drug-likeness (QED) is 0.813. The van der Waals surface area contributed by atoms with Gasteiger partial charge >= 0.3 is 0 Å². The summed E-state index contributed by atoms with van der Waals surface area (Å²) in [5.41, 5.74) is 1.52. The molecule has 2 amide bonds. The maximum Gasteiger partial charge on any atom is 0.252 e. The predicted octanol–water partition coefficient (Wildman–Crippen LogP) is 2.91. The monoisotopic (exact) mass is 304 g/mol. The van der Waals surface area contributed by atoms with Crippen molar-refractivity contribution in [2.75, 3.05) is 6.54 Å². The summed E-state index contributed by atoms with van der Waals surface area (Å²) in [6, 6.07) is 6.87. The molecule has 0 fully saturated rings. The second-order valence-electron chi connectivity index (χ2n) is 6.48. The highest BCUT2D eigenvalue weighted by atomic mass is 16.2. The summed E-state index contributed by atoms with van der Waals surface area (Å²) in [6.07, 6.45) is 0.933. The number of hydrogen-bond acceptors (Lipinski definition) is 2. The molecule has 1 rings (SSSR count). The molecule has 4 heteroatoms. The van der Waals surface area contributed by atoms with Crippen LogP contribution in [0.3, 0.4) is 0 Å². The minimum atomic E-state index is -0.515. The summed E-state index contributed by atoms with van der Waals surface area (Å²) in [7, 11) is 0. The van der Waals surface area contributed by atoms with Gasteiger partial charge in [-0.05, 0) is 36.8 Å². The van der Waals surface area contributed by atoms with Gasteiger partial charge in [0, 0.05) is 12.1 Å². The summed E-state index contributed by atoms with van der Waals surface area (Å²) in [5, 5.41) is 5.77. The summed E-state index contributed by atoms with van der Waals surface area (Å²) in [4.78, 5) is 24.7. The van der Waals surface area contributed by atoms with Gasteiger partial charge in [-0.1, -0.05) is 45.9 Å². The molecule has 0 heterocycles. The average Bonchev–Trinajstić information content (AvgIpc) is 2.44. The van der Waals surface area contributed by atoms with E-state index < -0.39 is 6.04 Å². The summed E-state index contributed by atoms with van der Waals surface area (Å²) >= 11 is 0. The molecule has 0 aliphatic rings. The highest BCUT2D eigenvalue weighted by Gasteiger charge is 2.24. The van der Waals surface area contributed by atoms with Gasteiger partial charge in [0.2, 0.25) is 5.91 Å². The minimum Gasteiger partial charge on any atom is -0.354 e. The van der Waals surface area contributed by atoms with Gasteiger partial charge in [0.05, 0.1) is 0 Å². The van der Waals surface area contributed by atoms with E-state index in [0.717, 1.165) is 12.0 Å². The Balaban J connectivity index is 2.70. The van der Waals surface area contributed by atoms with Gasteiger partial charge < -0.3 is 10.6 Å². The molecule has 1 aromatic rings. The molecule has 0 saturated carbocycles. The van der Waals surface area contributed by atoms with Crippen LogP contribution in [0.4, 0.5) is 0 Å². The fourth-order valence-corrected chi connectivity index (χ4v) is 2.18. The molecular weight excluding hydrogens is 276 g/mol. The molecule has 22 heavy (non-hydrogen) atoms. The van der Waals surface area contributed by atoms with Gasteiger partial charge in [0.1, 0.15) is 6.04 Å². The topological polar surface area (TPSA) is 58.2 Å². The van der Waals surface area contributed by atoms with E-state index in [-0.39, 0.29) is 17.7 Å². The number of carbonyl (C=O) groups excluding carboxylic acids is 2. The molecule has 1 atom stereocenters. The number of nitrogens with one attached hydrogen (secondary N) is 2. The molecule has 0 aliphatic heterocycles. The van der Waals surface area contributed by atoms with Crippen LogP contribution in [-0.4, -0.2) is 24.4 Å². The third kappa shape index (κ3) is 5.51. The molecule has 0 unspecified atom stereocenters. The van der Waals surface area contributed by atoms with E-state index in [1.807, 2.05) is 39.0 Å². The van der Waals surface area contributed by atoms with Crippen molar-refractivity contribution < 1.29 is 9.59 Å². The van der Waals surface area contributed by atoms with E-state index in [9.17, 15) is 9.59 Å². The lowest BCUT2D eigenvalue weighted by Gasteiger charge is -2.22. The van der Waals surface area contributed by atoms with E-state index in [4.69, 9.17) is 0 Å². The van der Waals surface area contributed by atoms with Crippen molar-refractivity contribution in [3.63, 3.8) is 0 Å². The average molecular weight is 304 g/mol. The smallest absolute Gasteiger partial charge is 0.252 e. The first-order chi connectivity index (χ1) is 10.3. The van der Waals surface area contributed by atoms with Crippen LogP contribution in [0.5, 0.6) is 0 Å². The van der Waals surface area contributed by atoms with Crippen LogP contribution in [0.2, 0.25) is 0 Å². The maximum atomic E-state index is 12.4. The Bertz CT molecular complexity index is 510. The molecular formula is C18H28N2O2. The fraction of sp³-hybridized carbons (Fsp3) is 0.556. The number of rotatable bonds is 7. The first kappa shape index (κ1) is 18.2. The molecule has 0 spiro atoms. The van der Waals surface area contributed by atoms with Crippen LogP contribution in [0.1, 0.15) is 50.0 Å². The third-order valence-electron chi connectivity index (χ3n) is 3.65. The number of hydrogen-bond donors (Lipinski definition) is 2. The zero-order valence-corrected chi connectivity index (χ0v) is 14.3. The molecule has 0 saturated heterocycles. The van der Waals surface area contributed by atoms with Gasteiger partial charge in [-0.3, -0.25) is 9.59 Å². The summed E-state index contributed by atoms with van der Waals surface area (Å²) < 4.78 is 0. The van der Waals surface area contributed by atoms with Crippen LogP contribution in [-0.2, 0) is 4.79 Å². The van der Waals surface area contributed by atoms with Crippen LogP contribution in [0.25, 0.3) is 0 Å². The number of benzene rings is 1. The Morgan fingerprint density at radius 1 is 1.09 bits per heavy atom. The second kappa shape index (κ2) is 8.57. The molecule has 1 aromatic carbocycles. The Morgan fingerprint density at radius 2 is 1.73 bits per heavy atom. The van der Waals surface area contributed by atoms with Crippen LogP contribution >= 0.6 is 0 Å². The normalized spacial score (nSPS) is 12.3. The number of aryl methyl sites for hydroxylation is 1. The number of carbonyl (C=O) groups is 2.